The quantitative estimate of drug-likeness (QED) is 0.830. The van der Waals surface area contributed by atoms with E-state index < -0.39 is 0 Å². The van der Waals surface area contributed by atoms with Gasteiger partial charge in [0.15, 0.2) is 5.78 Å². The van der Waals surface area contributed by atoms with Gasteiger partial charge >= 0.3 is 0 Å². The zero-order valence-corrected chi connectivity index (χ0v) is 12.9. The average Bonchev–Trinajstić information content (AvgIpc) is 2.47. The van der Waals surface area contributed by atoms with Gasteiger partial charge in [-0.3, -0.25) is 9.59 Å². The number of nitrogens with zero attached hydrogens (tertiary/aromatic N) is 1. The van der Waals surface area contributed by atoms with E-state index in [1.54, 1.807) is 36.4 Å². The molecule has 0 fully saturated rings. The van der Waals surface area contributed by atoms with Gasteiger partial charge in [0.05, 0.1) is 0 Å². The molecule has 0 aliphatic heterocycles. The minimum Gasteiger partial charge on any atom is -0.368 e. The molecular weight excluding hydrogens is 278 g/mol. The van der Waals surface area contributed by atoms with Gasteiger partial charge in [-0.15, -0.1) is 0 Å². The Morgan fingerprint density at radius 1 is 1.09 bits per heavy atom. The summed E-state index contributed by atoms with van der Waals surface area (Å²) in [7, 11) is 0. The van der Waals surface area contributed by atoms with E-state index in [9.17, 15) is 9.59 Å². The van der Waals surface area contributed by atoms with E-state index in [4.69, 9.17) is 0 Å². The molecule has 0 spiro atoms. The summed E-state index contributed by atoms with van der Waals surface area (Å²) in [4.78, 5) is 27.9. The van der Waals surface area contributed by atoms with Crippen LogP contribution in [0.3, 0.4) is 0 Å². The van der Waals surface area contributed by atoms with E-state index in [-0.39, 0.29) is 17.7 Å². The maximum atomic E-state index is 12.2. The first kappa shape index (κ1) is 15.7. The number of anilines is 2. The van der Waals surface area contributed by atoms with Crippen molar-refractivity contribution >= 4 is 23.2 Å². The monoisotopic (exact) mass is 297 g/mol. The van der Waals surface area contributed by atoms with Crippen molar-refractivity contribution in [3.8, 4) is 0 Å². The summed E-state index contributed by atoms with van der Waals surface area (Å²) in [5, 5.41) is 5.90. The minimum atomic E-state index is -0.312. The lowest BCUT2D eigenvalue weighted by atomic mass is 10.1. The Morgan fingerprint density at radius 3 is 2.50 bits per heavy atom. The van der Waals surface area contributed by atoms with Crippen LogP contribution < -0.4 is 10.6 Å². The Labute approximate surface area is 129 Å². The van der Waals surface area contributed by atoms with E-state index in [2.05, 4.69) is 15.6 Å². The van der Waals surface area contributed by atoms with E-state index >= 15 is 0 Å². The molecule has 0 radical (unpaired) electrons. The molecule has 0 saturated carbocycles. The summed E-state index contributed by atoms with van der Waals surface area (Å²) in [6.45, 7) is 5.49. The molecule has 2 rings (SSSR count). The molecule has 0 saturated heterocycles. The summed E-state index contributed by atoms with van der Waals surface area (Å²) in [6.07, 6.45) is 0. The maximum absolute atomic E-state index is 12.2. The molecule has 114 valence electrons. The second-order valence-corrected chi connectivity index (χ2v) is 5.30. The van der Waals surface area contributed by atoms with Gasteiger partial charge in [0.2, 0.25) is 0 Å². The van der Waals surface area contributed by atoms with Gasteiger partial charge in [-0.1, -0.05) is 18.2 Å². The summed E-state index contributed by atoms with van der Waals surface area (Å²) in [5.41, 5.74) is 1.45. The molecule has 1 amide bonds. The number of carbonyl (C=O) groups excluding carboxylic acids is 2. The number of benzene rings is 1. The lowest BCUT2D eigenvalue weighted by Crippen LogP contribution is -2.16. The highest BCUT2D eigenvalue weighted by Gasteiger charge is 2.10. The third-order valence-corrected chi connectivity index (χ3v) is 2.95. The number of pyridine rings is 1. The fourth-order valence-corrected chi connectivity index (χ4v) is 1.95. The van der Waals surface area contributed by atoms with Gasteiger partial charge in [-0.05, 0) is 45.0 Å². The predicted octanol–water partition coefficient (Wildman–Crippen LogP) is 3.36. The van der Waals surface area contributed by atoms with Crippen molar-refractivity contribution in [2.45, 2.75) is 26.8 Å². The molecule has 0 bridgehead atoms. The number of rotatable bonds is 5. The molecular formula is C17H19N3O2. The molecule has 5 nitrogen and oxygen atoms in total. The average molecular weight is 297 g/mol. The number of hydrogen-bond acceptors (Lipinski definition) is 4. The molecule has 2 aromatic rings. The minimum absolute atomic E-state index is 0.0441. The fraction of sp³-hybridized carbons (Fsp3) is 0.235. The number of ketones is 1. The van der Waals surface area contributed by atoms with E-state index in [0.29, 0.717) is 22.8 Å². The first-order chi connectivity index (χ1) is 10.5. The standard InChI is InChI=1S/C17H19N3O2/c1-11(2)18-16-9-5-8-15(20-16)17(22)19-14-7-4-6-13(10-14)12(3)21/h4-11H,1-3H3,(H,18,20)(H,19,22). The Balaban J connectivity index is 2.15. The first-order valence-electron chi connectivity index (χ1n) is 7.11. The van der Waals surface area contributed by atoms with E-state index in [1.807, 2.05) is 19.9 Å². The second-order valence-electron chi connectivity index (χ2n) is 5.30. The van der Waals surface area contributed by atoms with Crippen molar-refractivity contribution in [3.63, 3.8) is 0 Å². The van der Waals surface area contributed by atoms with Crippen molar-refractivity contribution in [1.29, 1.82) is 0 Å². The van der Waals surface area contributed by atoms with Gasteiger partial charge in [0, 0.05) is 17.3 Å². The Kier molecular flexibility index (Phi) is 4.88. The number of amides is 1. The molecule has 5 heteroatoms. The Bertz CT molecular complexity index is 696. The summed E-state index contributed by atoms with van der Waals surface area (Å²) >= 11 is 0. The lowest BCUT2D eigenvalue weighted by Gasteiger charge is -2.10. The van der Waals surface area contributed by atoms with Crippen LogP contribution in [0.1, 0.15) is 41.6 Å². The smallest absolute Gasteiger partial charge is 0.274 e. The third kappa shape index (κ3) is 4.15. The van der Waals surface area contributed by atoms with Gasteiger partial charge in [-0.2, -0.15) is 0 Å². The summed E-state index contributed by atoms with van der Waals surface area (Å²) in [5.74, 6) is 0.297. The van der Waals surface area contributed by atoms with Crippen LogP contribution in [0.15, 0.2) is 42.5 Å². The van der Waals surface area contributed by atoms with Crippen LogP contribution >= 0.6 is 0 Å². The molecule has 1 heterocycles. The predicted molar refractivity (Wildman–Crippen MR) is 87.4 cm³/mol. The van der Waals surface area contributed by atoms with Gasteiger partial charge in [0.1, 0.15) is 11.5 Å². The zero-order chi connectivity index (χ0) is 16.1. The van der Waals surface area contributed by atoms with Crippen molar-refractivity contribution in [2.24, 2.45) is 0 Å². The highest BCUT2D eigenvalue weighted by Crippen LogP contribution is 2.13. The van der Waals surface area contributed by atoms with Gasteiger partial charge in [-0.25, -0.2) is 4.98 Å². The SMILES string of the molecule is CC(=O)c1cccc(NC(=O)c2cccc(NC(C)C)n2)c1. The van der Waals surface area contributed by atoms with Crippen LogP contribution in [0.4, 0.5) is 11.5 Å². The molecule has 0 atom stereocenters. The summed E-state index contributed by atoms with van der Waals surface area (Å²) < 4.78 is 0. The van der Waals surface area contributed by atoms with Gasteiger partial charge in [0.25, 0.3) is 5.91 Å². The fourth-order valence-electron chi connectivity index (χ4n) is 1.95. The van der Waals surface area contributed by atoms with Crippen molar-refractivity contribution < 1.29 is 9.59 Å². The van der Waals surface area contributed by atoms with Gasteiger partial charge < -0.3 is 10.6 Å². The number of carbonyl (C=O) groups is 2. The van der Waals surface area contributed by atoms with E-state index in [1.165, 1.54) is 6.92 Å². The van der Waals surface area contributed by atoms with Crippen molar-refractivity contribution in [1.82, 2.24) is 4.98 Å². The number of nitrogens with one attached hydrogen (secondary N) is 2. The van der Waals surface area contributed by atoms with Crippen LogP contribution in [0, 0.1) is 0 Å². The first-order valence-corrected chi connectivity index (χ1v) is 7.11. The van der Waals surface area contributed by atoms with Crippen LogP contribution in [-0.2, 0) is 0 Å². The van der Waals surface area contributed by atoms with E-state index in [0.717, 1.165) is 0 Å². The molecule has 0 unspecified atom stereocenters. The second kappa shape index (κ2) is 6.85. The Hall–Kier alpha value is -2.69. The number of hydrogen-bond donors (Lipinski definition) is 2. The highest BCUT2D eigenvalue weighted by molar-refractivity contribution is 6.04. The zero-order valence-electron chi connectivity index (χ0n) is 12.9. The van der Waals surface area contributed by atoms with Crippen LogP contribution in [0.5, 0.6) is 0 Å². The topological polar surface area (TPSA) is 71.1 Å². The van der Waals surface area contributed by atoms with Crippen LogP contribution in [-0.4, -0.2) is 22.7 Å². The molecule has 2 N–H and O–H groups in total. The molecule has 0 aliphatic rings. The summed E-state index contributed by atoms with van der Waals surface area (Å²) in [6, 6.07) is 12.3. The highest BCUT2D eigenvalue weighted by atomic mass is 16.2. The lowest BCUT2D eigenvalue weighted by molar-refractivity contribution is 0.100. The largest absolute Gasteiger partial charge is 0.368 e. The maximum Gasteiger partial charge on any atom is 0.274 e. The number of aromatic nitrogens is 1. The molecule has 22 heavy (non-hydrogen) atoms. The third-order valence-electron chi connectivity index (χ3n) is 2.95. The van der Waals surface area contributed by atoms with Crippen LogP contribution in [0.2, 0.25) is 0 Å². The molecule has 0 aliphatic carbocycles. The number of Topliss-reactive ketones (excluding diaryl/α,β-unsaturated/α-hetero) is 1. The van der Waals surface area contributed by atoms with Crippen LogP contribution in [0.25, 0.3) is 0 Å². The van der Waals surface area contributed by atoms with Crippen molar-refractivity contribution in [2.75, 3.05) is 10.6 Å². The molecule has 1 aromatic heterocycles. The Morgan fingerprint density at radius 2 is 1.82 bits per heavy atom. The molecule has 1 aromatic carbocycles. The van der Waals surface area contributed by atoms with Crippen molar-refractivity contribution in [3.05, 3.63) is 53.7 Å². The normalized spacial score (nSPS) is 10.4.